The topological polar surface area (TPSA) is 140 Å². The number of nitro benzene ring substituents is 1. The third-order valence-corrected chi connectivity index (χ3v) is 5.33. The van der Waals surface area contributed by atoms with E-state index in [1.165, 1.54) is 45.0 Å². The summed E-state index contributed by atoms with van der Waals surface area (Å²) < 4.78 is 5.38. The molecule has 2 amide bonds. The second-order valence-electron chi connectivity index (χ2n) is 8.19. The van der Waals surface area contributed by atoms with E-state index in [4.69, 9.17) is 17.0 Å². The van der Waals surface area contributed by atoms with Crippen molar-refractivity contribution >= 4 is 40.8 Å². The Bertz CT molecular complexity index is 881. The molecule has 1 atom stereocenters. The second-order valence-corrected chi connectivity index (χ2v) is 8.60. The fraction of sp³-hybridized carbons (Fsp3) is 0.524. The maximum absolute atomic E-state index is 12.5. The molecule has 11 heteroatoms. The van der Waals surface area contributed by atoms with Gasteiger partial charge >= 0.3 is 5.97 Å². The molecule has 1 aromatic carbocycles. The largest absolute Gasteiger partial charge is 0.448 e. The molecule has 0 radical (unpaired) electrons. The van der Waals surface area contributed by atoms with E-state index < -0.39 is 28.4 Å². The molecule has 174 valence electrons. The third kappa shape index (κ3) is 7.26. The van der Waals surface area contributed by atoms with Crippen LogP contribution in [0.4, 0.5) is 5.69 Å². The van der Waals surface area contributed by atoms with Crippen molar-refractivity contribution in [3.05, 3.63) is 39.9 Å². The Balaban J connectivity index is 1.84. The van der Waals surface area contributed by atoms with Gasteiger partial charge in [-0.3, -0.25) is 25.0 Å². The minimum absolute atomic E-state index is 0.0898. The number of carbonyl (C=O) groups is 3. The first kappa shape index (κ1) is 25.2. The number of thiocarbonyl (C=S) groups is 1. The Hall–Kier alpha value is -3.08. The highest BCUT2D eigenvalue weighted by atomic mass is 32.1. The average molecular weight is 465 g/mol. The van der Waals surface area contributed by atoms with Gasteiger partial charge in [0, 0.05) is 23.7 Å². The van der Waals surface area contributed by atoms with Crippen LogP contribution >= 0.6 is 12.2 Å². The van der Waals surface area contributed by atoms with Crippen LogP contribution in [0.5, 0.6) is 0 Å². The molecule has 1 aromatic rings. The number of hydrogen-bond donors (Lipinski definition) is 3. The molecule has 1 aliphatic carbocycles. The fourth-order valence-electron chi connectivity index (χ4n) is 3.19. The Kier molecular flexibility index (Phi) is 8.64. The van der Waals surface area contributed by atoms with E-state index in [-0.39, 0.29) is 28.3 Å². The normalized spacial score (nSPS) is 15.2. The number of carbonyl (C=O) groups excluding carboxylic acids is 3. The van der Waals surface area contributed by atoms with Gasteiger partial charge in [0.05, 0.1) is 4.92 Å². The van der Waals surface area contributed by atoms with Crippen LogP contribution in [-0.2, 0) is 14.3 Å². The van der Waals surface area contributed by atoms with Gasteiger partial charge in [0.15, 0.2) is 10.7 Å². The van der Waals surface area contributed by atoms with Crippen LogP contribution in [-0.4, -0.2) is 45.5 Å². The molecule has 0 aromatic heterocycles. The van der Waals surface area contributed by atoms with Crippen LogP contribution in [0.1, 0.15) is 63.2 Å². The maximum atomic E-state index is 12.5. The number of amides is 2. The van der Waals surface area contributed by atoms with Crippen LogP contribution in [0.15, 0.2) is 24.3 Å². The molecule has 0 saturated heterocycles. The van der Waals surface area contributed by atoms with Gasteiger partial charge in [-0.2, -0.15) is 0 Å². The molecular formula is C21H28N4O6S. The average Bonchev–Trinajstić information content (AvgIpc) is 2.74. The van der Waals surface area contributed by atoms with Gasteiger partial charge in [0.25, 0.3) is 17.5 Å². The zero-order chi connectivity index (χ0) is 23.9. The molecule has 1 fully saturated rings. The molecule has 1 unspecified atom stereocenters. The highest BCUT2D eigenvalue weighted by Gasteiger charge is 2.35. The lowest BCUT2D eigenvalue weighted by atomic mass is 9.94. The number of nitrogens with one attached hydrogen (secondary N) is 3. The highest BCUT2D eigenvalue weighted by Crippen LogP contribution is 2.19. The van der Waals surface area contributed by atoms with E-state index in [1.54, 1.807) is 0 Å². The van der Waals surface area contributed by atoms with Gasteiger partial charge in [-0.15, -0.1) is 0 Å². The summed E-state index contributed by atoms with van der Waals surface area (Å²) in [5.74, 6) is -1.66. The zero-order valence-electron chi connectivity index (χ0n) is 18.3. The summed E-state index contributed by atoms with van der Waals surface area (Å²) in [5.41, 5.74) is -1.35. The Morgan fingerprint density at radius 2 is 1.75 bits per heavy atom. The SMILES string of the molecule is CC(NC(=S)NC(=O)c1ccc([N+](=O)[O-])cc1)C(=O)OC(C)(C)C(=O)NC1CCCCC1. The quantitative estimate of drug-likeness (QED) is 0.242. The van der Waals surface area contributed by atoms with Crippen LogP contribution in [0.2, 0.25) is 0 Å². The summed E-state index contributed by atoms with van der Waals surface area (Å²) in [6.07, 6.45) is 5.12. The first-order valence-corrected chi connectivity index (χ1v) is 10.8. The van der Waals surface area contributed by atoms with Crippen molar-refractivity contribution in [3.8, 4) is 0 Å². The van der Waals surface area contributed by atoms with Gasteiger partial charge in [-0.05, 0) is 58.0 Å². The lowest BCUT2D eigenvalue weighted by molar-refractivity contribution is -0.384. The first-order chi connectivity index (χ1) is 15.0. The van der Waals surface area contributed by atoms with Crippen LogP contribution in [0.3, 0.4) is 0 Å². The molecule has 10 nitrogen and oxygen atoms in total. The lowest BCUT2D eigenvalue weighted by Crippen LogP contribution is -2.53. The van der Waals surface area contributed by atoms with Crippen LogP contribution in [0, 0.1) is 10.1 Å². The van der Waals surface area contributed by atoms with E-state index in [2.05, 4.69) is 16.0 Å². The van der Waals surface area contributed by atoms with Crippen LogP contribution < -0.4 is 16.0 Å². The molecule has 1 saturated carbocycles. The van der Waals surface area contributed by atoms with Crippen molar-refractivity contribution in [3.63, 3.8) is 0 Å². The number of hydrogen-bond acceptors (Lipinski definition) is 7. The van der Waals surface area contributed by atoms with E-state index in [9.17, 15) is 24.5 Å². The highest BCUT2D eigenvalue weighted by molar-refractivity contribution is 7.80. The summed E-state index contributed by atoms with van der Waals surface area (Å²) >= 11 is 5.06. The van der Waals surface area contributed by atoms with Crippen molar-refractivity contribution in [2.45, 2.75) is 70.6 Å². The number of benzene rings is 1. The number of nitro groups is 1. The fourth-order valence-corrected chi connectivity index (χ4v) is 3.46. The second kappa shape index (κ2) is 11.0. The number of rotatable bonds is 7. The maximum Gasteiger partial charge on any atom is 0.329 e. The molecule has 32 heavy (non-hydrogen) atoms. The van der Waals surface area contributed by atoms with Gasteiger partial charge in [0.1, 0.15) is 6.04 Å². The van der Waals surface area contributed by atoms with Crippen molar-refractivity contribution < 1.29 is 24.0 Å². The van der Waals surface area contributed by atoms with E-state index >= 15 is 0 Å². The molecule has 0 spiro atoms. The molecule has 3 N–H and O–H groups in total. The molecule has 2 rings (SSSR count). The minimum atomic E-state index is -1.37. The Labute approximate surface area is 191 Å². The van der Waals surface area contributed by atoms with Crippen molar-refractivity contribution in [2.75, 3.05) is 0 Å². The molecular weight excluding hydrogens is 436 g/mol. The standard InChI is InChI=1S/C21H28N4O6S/c1-13(18(27)31-21(2,3)19(28)23-15-7-5-4-6-8-15)22-20(32)24-17(26)14-9-11-16(12-10-14)25(29)30/h9-13,15H,4-8H2,1-3H3,(H,23,28)(H2,22,24,26,32). The van der Waals surface area contributed by atoms with E-state index in [1.807, 2.05) is 0 Å². The monoisotopic (exact) mass is 464 g/mol. The van der Waals surface area contributed by atoms with Crippen molar-refractivity contribution in [2.24, 2.45) is 0 Å². The van der Waals surface area contributed by atoms with Gasteiger partial charge in [-0.1, -0.05) is 19.3 Å². The number of non-ortho nitro benzene ring substituents is 1. The smallest absolute Gasteiger partial charge is 0.329 e. The molecule has 1 aliphatic rings. The Morgan fingerprint density at radius 3 is 2.31 bits per heavy atom. The molecule has 0 heterocycles. The summed E-state index contributed by atoms with van der Waals surface area (Å²) in [6, 6.07) is 4.15. The van der Waals surface area contributed by atoms with Crippen molar-refractivity contribution in [1.29, 1.82) is 0 Å². The van der Waals surface area contributed by atoms with E-state index in [0.717, 1.165) is 32.1 Å². The van der Waals surface area contributed by atoms with E-state index in [0.29, 0.717) is 0 Å². The number of nitrogens with zero attached hydrogens (tertiary/aromatic N) is 1. The summed E-state index contributed by atoms with van der Waals surface area (Å²) in [6.45, 7) is 4.52. The van der Waals surface area contributed by atoms with Crippen molar-refractivity contribution in [1.82, 2.24) is 16.0 Å². The predicted octanol–water partition coefficient (Wildman–Crippen LogP) is 2.36. The predicted molar refractivity (Wildman–Crippen MR) is 121 cm³/mol. The number of esters is 1. The number of ether oxygens (including phenoxy) is 1. The van der Waals surface area contributed by atoms with Crippen LogP contribution in [0.25, 0.3) is 0 Å². The molecule has 0 aliphatic heterocycles. The summed E-state index contributed by atoms with van der Waals surface area (Å²) in [5, 5.41) is 18.5. The van der Waals surface area contributed by atoms with Gasteiger partial charge < -0.3 is 15.4 Å². The summed E-state index contributed by atoms with van der Waals surface area (Å²) in [7, 11) is 0. The van der Waals surface area contributed by atoms with Gasteiger partial charge in [-0.25, -0.2) is 4.79 Å². The molecule has 0 bridgehead atoms. The third-order valence-electron chi connectivity index (χ3n) is 5.11. The van der Waals surface area contributed by atoms with Gasteiger partial charge in [0.2, 0.25) is 0 Å². The summed E-state index contributed by atoms with van der Waals surface area (Å²) in [4.78, 5) is 47.3. The Morgan fingerprint density at radius 1 is 1.16 bits per heavy atom. The zero-order valence-corrected chi connectivity index (χ0v) is 19.1. The first-order valence-electron chi connectivity index (χ1n) is 10.4. The minimum Gasteiger partial charge on any atom is -0.448 e. The lowest BCUT2D eigenvalue weighted by Gasteiger charge is -2.30.